The lowest BCUT2D eigenvalue weighted by Gasteiger charge is -2.37. The summed E-state index contributed by atoms with van der Waals surface area (Å²) in [4.78, 5) is 0. The Hall–Kier alpha value is 0.795. The van der Waals surface area contributed by atoms with E-state index in [1.165, 1.54) is 38.5 Å². The highest BCUT2D eigenvalue weighted by Gasteiger charge is 2.35. The molecule has 5 atom stereocenters. The fourth-order valence-electron chi connectivity index (χ4n) is 3.54. The zero-order chi connectivity index (χ0) is 10.1. The number of fused-ring (bicyclic) bond motifs is 1. The minimum atomic E-state index is 0.958. The Morgan fingerprint density at radius 1 is 1.07 bits per heavy atom. The van der Waals surface area contributed by atoms with Crippen molar-refractivity contribution in [2.24, 2.45) is 17.8 Å². The molecule has 0 aromatic heterocycles. The number of hydrogen-bond donors (Lipinski definition) is 0. The molecule has 2 aliphatic rings. The third-order valence-corrected chi connectivity index (χ3v) is 6.20. The van der Waals surface area contributed by atoms with E-state index in [-0.39, 0.29) is 0 Å². The lowest BCUT2D eigenvalue weighted by Crippen LogP contribution is -2.30. The maximum absolute atomic E-state index is 2.69. The predicted molar refractivity (Wildman–Crippen MR) is 73.9 cm³/mol. The summed E-state index contributed by atoms with van der Waals surface area (Å²) < 4.78 is 0.958. The zero-order valence-corrected chi connectivity index (χ0v) is 11.7. The third kappa shape index (κ3) is 2.48. The van der Waals surface area contributed by atoms with E-state index in [0.29, 0.717) is 0 Å². The van der Waals surface area contributed by atoms with E-state index in [0.717, 1.165) is 27.5 Å². The third-order valence-electron chi connectivity index (χ3n) is 4.46. The molecular weight excluding hydrogens is 282 g/mol. The second-order valence-electron chi connectivity index (χ2n) is 5.76. The molecule has 0 aliphatic heterocycles. The van der Waals surface area contributed by atoms with Crippen molar-refractivity contribution < 1.29 is 0 Å². The van der Waals surface area contributed by atoms with Crippen molar-refractivity contribution in [3.63, 3.8) is 0 Å². The summed E-state index contributed by atoms with van der Waals surface area (Å²) in [5.74, 6) is 4.14. The summed E-state index contributed by atoms with van der Waals surface area (Å²) in [7, 11) is 2.46. The highest BCUT2D eigenvalue weighted by Crippen LogP contribution is 2.46. The lowest BCUT2D eigenvalue weighted by molar-refractivity contribution is 0.191. The average molecular weight is 304 g/mol. The summed E-state index contributed by atoms with van der Waals surface area (Å²) in [6, 6.07) is 0. The Morgan fingerprint density at radius 3 is 2.64 bits per heavy atom. The molecule has 0 radical (unpaired) electrons. The second kappa shape index (κ2) is 4.75. The number of halogens is 1. The van der Waals surface area contributed by atoms with Crippen LogP contribution in [0.15, 0.2) is 0 Å². The summed E-state index contributed by atoms with van der Waals surface area (Å²) in [6.07, 6.45) is 9.08. The van der Waals surface area contributed by atoms with Gasteiger partial charge < -0.3 is 0 Å². The van der Waals surface area contributed by atoms with Crippen LogP contribution in [0, 0.1) is 17.8 Å². The Labute approximate surface area is 103 Å². The summed E-state index contributed by atoms with van der Waals surface area (Å²) >= 11 is 2.69. The smallest absolute Gasteiger partial charge is 0.0823 e. The van der Waals surface area contributed by atoms with Crippen LogP contribution in [0.4, 0.5) is 0 Å². The van der Waals surface area contributed by atoms with Crippen molar-refractivity contribution in [3.8, 4) is 0 Å². The summed E-state index contributed by atoms with van der Waals surface area (Å²) in [5, 5.41) is 0. The molecule has 0 heterocycles. The Morgan fingerprint density at radius 2 is 1.86 bits per heavy atom. The highest BCUT2D eigenvalue weighted by atomic mass is 127. The van der Waals surface area contributed by atoms with Gasteiger partial charge in [-0.2, -0.15) is 0 Å². The summed E-state index contributed by atoms with van der Waals surface area (Å²) in [6.45, 7) is 2.46. The molecule has 14 heavy (non-hydrogen) atoms. The van der Waals surface area contributed by atoms with Crippen molar-refractivity contribution in [2.75, 3.05) is 0 Å². The molecule has 0 bridgehead atoms. The Bertz CT molecular complexity index is 195. The molecule has 2 saturated carbocycles. The molecule has 0 amide bonds. The first-order valence-electron chi connectivity index (χ1n) is 6.31. The first-order chi connectivity index (χ1) is 6.66. The average Bonchev–Trinajstić information content (AvgIpc) is 2.28. The minimum absolute atomic E-state index is 0.958. The van der Waals surface area contributed by atoms with Crippen LogP contribution in [0.3, 0.4) is 0 Å². The first-order valence-corrected chi connectivity index (χ1v) is 7.55. The highest BCUT2D eigenvalue weighted by molar-refractivity contribution is 14.1. The van der Waals surface area contributed by atoms with E-state index >= 15 is 0 Å². The maximum Gasteiger partial charge on any atom is 0.105 e. The van der Waals surface area contributed by atoms with Crippen molar-refractivity contribution in [2.45, 2.75) is 55.2 Å². The molecule has 0 spiro atoms. The first kappa shape index (κ1) is 11.3. The number of rotatable bonds is 0. The normalized spacial score (nSPS) is 49.4. The van der Waals surface area contributed by atoms with Gasteiger partial charge in [0, 0.05) is 3.92 Å². The van der Waals surface area contributed by atoms with Gasteiger partial charge in [0.15, 0.2) is 0 Å². The van der Waals surface area contributed by atoms with Gasteiger partial charge in [-0.15, -0.1) is 0 Å². The molecule has 2 heteroatoms. The molecular formula is C12H22BI. The van der Waals surface area contributed by atoms with E-state index in [2.05, 4.69) is 37.4 Å². The van der Waals surface area contributed by atoms with Gasteiger partial charge in [-0.1, -0.05) is 61.0 Å². The molecule has 0 aromatic rings. The molecule has 2 rings (SSSR count). The van der Waals surface area contributed by atoms with E-state index < -0.39 is 0 Å². The van der Waals surface area contributed by atoms with Crippen LogP contribution in [0.5, 0.6) is 0 Å². The molecule has 2 aliphatic carbocycles. The fourth-order valence-corrected chi connectivity index (χ4v) is 4.48. The van der Waals surface area contributed by atoms with Crippen molar-refractivity contribution in [3.05, 3.63) is 0 Å². The van der Waals surface area contributed by atoms with Gasteiger partial charge in [0.05, 0.1) is 0 Å². The largest absolute Gasteiger partial charge is 0.105 e. The number of alkyl halides is 1. The van der Waals surface area contributed by atoms with E-state index in [4.69, 9.17) is 0 Å². The van der Waals surface area contributed by atoms with Gasteiger partial charge >= 0.3 is 0 Å². The Balaban J connectivity index is 2.01. The number of hydrogen-bond acceptors (Lipinski definition) is 0. The monoisotopic (exact) mass is 304 g/mol. The van der Waals surface area contributed by atoms with Gasteiger partial charge in [-0.05, 0) is 30.6 Å². The van der Waals surface area contributed by atoms with Crippen molar-refractivity contribution >= 4 is 30.4 Å². The standard InChI is InChI=1S/C12H22BI/c1-8-5-9-3-2-4-11(13)6-10(9)7-12(8)14/h8-12H,2-7,13H2,1H3. The molecule has 5 unspecified atom stereocenters. The van der Waals surface area contributed by atoms with E-state index in [1.54, 1.807) is 0 Å². The topological polar surface area (TPSA) is 0 Å². The molecule has 80 valence electrons. The maximum atomic E-state index is 2.69. The Kier molecular flexibility index (Phi) is 3.83. The quantitative estimate of drug-likeness (QED) is 0.365. The summed E-state index contributed by atoms with van der Waals surface area (Å²) in [5.41, 5.74) is 0. The van der Waals surface area contributed by atoms with Crippen LogP contribution in [0.25, 0.3) is 0 Å². The van der Waals surface area contributed by atoms with Gasteiger partial charge in [-0.25, -0.2) is 0 Å². The molecule has 2 fully saturated rings. The molecule has 0 nitrogen and oxygen atoms in total. The van der Waals surface area contributed by atoms with Crippen LogP contribution in [0.2, 0.25) is 5.82 Å². The molecule has 0 saturated heterocycles. The van der Waals surface area contributed by atoms with E-state index in [1.807, 2.05) is 0 Å². The van der Waals surface area contributed by atoms with Crippen molar-refractivity contribution in [1.82, 2.24) is 0 Å². The van der Waals surface area contributed by atoms with Crippen LogP contribution < -0.4 is 0 Å². The second-order valence-corrected chi connectivity index (χ2v) is 7.36. The van der Waals surface area contributed by atoms with Crippen LogP contribution in [0.1, 0.15) is 45.4 Å². The van der Waals surface area contributed by atoms with Gasteiger partial charge in [0.1, 0.15) is 7.85 Å². The molecule has 0 N–H and O–H groups in total. The lowest BCUT2D eigenvalue weighted by atomic mass is 9.69. The molecule has 0 aromatic carbocycles. The van der Waals surface area contributed by atoms with E-state index in [9.17, 15) is 0 Å². The van der Waals surface area contributed by atoms with Crippen LogP contribution in [-0.2, 0) is 0 Å². The van der Waals surface area contributed by atoms with Crippen molar-refractivity contribution in [1.29, 1.82) is 0 Å². The van der Waals surface area contributed by atoms with Gasteiger partial charge in [0.25, 0.3) is 0 Å². The fraction of sp³-hybridized carbons (Fsp3) is 1.00. The SMILES string of the molecule is BC1CCCC2CC(C)C(I)CC2C1. The predicted octanol–water partition coefficient (Wildman–Crippen LogP) is 3.45. The van der Waals surface area contributed by atoms with Crippen LogP contribution >= 0.6 is 22.6 Å². The minimum Gasteiger partial charge on any atom is -0.0823 e. The zero-order valence-electron chi connectivity index (χ0n) is 9.51. The van der Waals surface area contributed by atoms with Gasteiger partial charge in [-0.3, -0.25) is 0 Å². The van der Waals surface area contributed by atoms with Crippen LogP contribution in [-0.4, -0.2) is 11.8 Å². The van der Waals surface area contributed by atoms with Gasteiger partial charge in [0.2, 0.25) is 0 Å².